The topological polar surface area (TPSA) is 134 Å². The van der Waals surface area contributed by atoms with E-state index in [1.54, 1.807) is 13.2 Å². The molecule has 158 valence electrons. The number of ether oxygens (including phenoxy) is 2. The molecule has 0 amide bonds. The number of carbonyl (C=O) groups excluding carboxylic acids is 1. The zero-order valence-electron chi connectivity index (χ0n) is 16.0. The standard InChI is InChI=1S/C19H21NO4.H2O4S/c1-20-9-3-7-18-15-11-4-5-13(23-2)16(15)24-17(18)12(21)6-8-19(18,22)14(20)10-11;1-5(2,3)4/h4-6,8,14,17,22H,3,7,9-10H2,1-2H3;(H2,1,2,3,4)/t14-,17?,18+,19?;/m1./s1. The van der Waals surface area contributed by atoms with E-state index in [2.05, 4.69) is 18.0 Å². The normalized spacial score (nSPS) is 34.4. The van der Waals surface area contributed by atoms with E-state index in [0.29, 0.717) is 11.5 Å². The van der Waals surface area contributed by atoms with Gasteiger partial charge in [-0.05, 0) is 56.6 Å². The van der Waals surface area contributed by atoms with E-state index in [9.17, 15) is 9.90 Å². The average Bonchev–Trinajstić information content (AvgIpc) is 2.96. The number of ketones is 1. The maximum atomic E-state index is 12.7. The van der Waals surface area contributed by atoms with Gasteiger partial charge in [0.25, 0.3) is 0 Å². The van der Waals surface area contributed by atoms with Gasteiger partial charge < -0.3 is 14.6 Å². The van der Waals surface area contributed by atoms with Crippen molar-refractivity contribution in [3.8, 4) is 11.5 Å². The molecule has 1 fully saturated rings. The van der Waals surface area contributed by atoms with E-state index < -0.39 is 27.5 Å². The lowest BCUT2D eigenvalue weighted by Gasteiger charge is -2.54. The lowest BCUT2D eigenvalue weighted by molar-refractivity contribution is -0.137. The number of benzene rings is 1. The second-order valence-corrected chi connectivity index (χ2v) is 8.81. The molecule has 2 aliphatic heterocycles. The van der Waals surface area contributed by atoms with E-state index in [1.807, 2.05) is 6.07 Å². The van der Waals surface area contributed by atoms with E-state index in [0.717, 1.165) is 31.4 Å². The highest BCUT2D eigenvalue weighted by Gasteiger charge is 2.70. The highest BCUT2D eigenvalue weighted by molar-refractivity contribution is 7.79. The van der Waals surface area contributed by atoms with Crippen LogP contribution in [0.5, 0.6) is 11.5 Å². The Morgan fingerprint density at radius 2 is 2.00 bits per heavy atom. The maximum Gasteiger partial charge on any atom is 0.394 e. The quantitative estimate of drug-likeness (QED) is 0.552. The van der Waals surface area contributed by atoms with E-state index in [4.69, 9.17) is 27.0 Å². The van der Waals surface area contributed by atoms with Gasteiger partial charge in [0.2, 0.25) is 0 Å². The Labute approximate surface area is 168 Å². The molecular formula is C19H23NO8S. The summed E-state index contributed by atoms with van der Waals surface area (Å²) >= 11 is 0. The fraction of sp³-hybridized carbons (Fsp3) is 0.526. The van der Waals surface area contributed by atoms with Gasteiger partial charge in [-0.3, -0.25) is 18.8 Å². The van der Waals surface area contributed by atoms with Gasteiger partial charge in [0.15, 0.2) is 23.4 Å². The molecule has 2 unspecified atom stereocenters. The zero-order valence-corrected chi connectivity index (χ0v) is 16.8. The molecule has 2 bridgehead atoms. The molecule has 1 saturated heterocycles. The number of likely N-dealkylation sites (N-methyl/N-ethyl adjacent to an activating group) is 1. The molecule has 29 heavy (non-hydrogen) atoms. The van der Waals surface area contributed by atoms with Crippen molar-refractivity contribution < 1.29 is 36.9 Å². The van der Waals surface area contributed by atoms with Crippen molar-refractivity contribution in [2.24, 2.45) is 0 Å². The van der Waals surface area contributed by atoms with Gasteiger partial charge in [0.1, 0.15) is 5.60 Å². The third-order valence-corrected chi connectivity index (χ3v) is 6.57. The summed E-state index contributed by atoms with van der Waals surface area (Å²) < 4.78 is 43.2. The summed E-state index contributed by atoms with van der Waals surface area (Å²) in [4.78, 5) is 14.9. The first-order valence-electron chi connectivity index (χ1n) is 9.25. The lowest BCUT2D eigenvalue weighted by Crippen LogP contribution is -2.69. The molecule has 0 aromatic heterocycles. The van der Waals surface area contributed by atoms with Crippen molar-refractivity contribution in [3.05, 3.63) is 35.4 Å². The Bertz CT molecular complexity index is 998. The Kier molecular flexibility index (Phi) is 4.56. The Balaban J connectivity index is 0.000000369. The number of nitrogens with zero attached hydrogens (tertiary/aromatic N) is 1. The van der Waals surface area contributed by atoms with Crippen LogP contribution in [0.15, 0.2) is 24.3 Å². The Morgan fingerprint density at radius 3 is 2.66 bits per heavy atom. The molecule has 1 spiro atoms. The molecule has 0 radical (unpaired) electrons. The number of methoxy groups -OCH3 is 1. The van der Waals surface area contributed by atoms with Crippen LogP contribution in [0, 0.1) is 0 Å². The van der Waals surface area contributed by atoms with Crippen LogP contribution < -0.4 is 9.47 Å². The van der Waals surface area contributed by atoms with Gasteiger partial charge in [0.05, 0.1) is 12.5 Å². The summed E-state index contributed by atoms with van der Waals surface area (Å²) in [6, 6.07) is 3.93. The van der Waals surface area contributed by atoms with Crippen molar-refractivity contribution in [3.63, 3.8) is 0 Å². The van der Waals surface area contributed by atoms with Gasteiger partial charge >= 0.3 is 10.4 Å². The summed E-state index contributed by atoms with van der Waals surface area (Å²) in [5, 5.41) is 11.8. The molecule has 5 rings (SSSR count). The minimum absolute atomic E-state index is 0.0534. The smallest absolute Gasteiger partial charge is 0.394 e. The minimum atomic E-state index is -4.67. The summed E-state index contributed by atoms with van der Waals surface area (Å²) in [6.07, 6.45) is 4.99. The van der Waals surface area contributed by atoms with E-state index in [-0.39, 0.29) is 11.8 Å². The zero-order chi connectivity index (χ0) is 21.2. The molecule has 2 heterocycles. The molecule has 1 aromatic carbocycles. The van der Waals surface area contributed by atoms with Crippen LogP contribution in [0.25, 0.3) is 0 Å². The van der Waals surface area contributed by atoms with E-state index in [1.165, 1.54) is 11.6 Å². The molecule has 1 aromatic rings. The predicted molar refractivity (Wildman–Crippen MR) is 102 cm³/mol. The van der Waals surface area contributed by atoms with Crippen molar-refractivity contribution in [1.82, 2.24) is 4.90 Å². The fourth-order valence-electron chi connectivity index (χ4n) is 5.53. The number of rotatable bonds is 1. The number of likely N-dealkylation sites (tertiary alicyclic amines) is 1. The molecule has 4 aliphatic rings. The first-order chi connectivity index (χ1) is 13.5. The van der Waals surface area contributed by atoms with E-state index >= 15 is 0 Å². The Morgan fingerprint density at radius 1 is 1.31 bits per heavy atom. The maximum absolute atomic E-state index is 12.7. The van der Waals surface area contributed by atoms with Crippen LogP contribution in [0.3, 0.4) is 0 Å². The number of aliphatic hydroxyl groups is 1. The second kappa shape index (κ2) is 6.51. The number of carbonyl (C=O) groups is 1. The lowest BCUT2D eigenvalue weighted by atomic mass is 9.53. The predicted octanol–water partition coefficient (Wildman–Crippen LogP) is 0.562. The third-order valence-electron chi connectivity index (χ3n) is 6.57. The van der Waals surface area contributed by atoms with Gasteiger partial charge in [-0.25, -0.2) is 0 Å². The first kappa shape index (κ1) is 20.3. The molecule has 3 N–H and O–H groups in total. The summed E-state index contributed by atoms with van der Waals surface area (Å²) in [7, 11) is -0.994. The second-order valence-electron chi connectivity index (χ2n) is 7.91. The van der Waals surface area contributed by atoms with Crippen LogP contribution in [-0.2, 0) is 27.0 Å². The van der Waals surface area contributed by atoms with Crippen molar-refractivity contribution in [2.45, 2.75) is 42.4 Å². The largest absolute Gasteiger partial charge is 0.493 e. The van der Waals surface area contributed by atoms with Gasteiger partial charge in [-0.2, -0.15) is 8.42 Å². The molecule has 4 atom stereocenters. The highest BCUT2D eigenvalue weighted by Crippen LogP contribution is 2.63. The van der Waals surface area contributed by atoms with Gasteiger partial charge in [-0.1, -0.05) is 6.07 Å². The van der Waals surface area contributed by atoms with Crippen LogP contribution >= 0.6 is 0 Å². The average molecular weight is 425 g/mol. The van der Waals surface area contributed by atoms with Crippen LogP contribution in [0.1, 0.15) is 24.0 Å². The van der Waals surface area contributed by atoms with Crippen molar-refractivity contribution >= 4 is 16.2 Å². The minimum Gasteiger partial charge on any atom is -0.493 e. The van der Waals surface area contributed by atoms with Gasteiger partial charge in [-0.15, -0.1) is 0 Å². The first-order valence-corrected chi connectivity index (χ1v) is 10.6. The fourth-order valence-corrected chi connectivity index (χ4v) is 5.53. The number of hydrogen-bond donors (Lipinski definition) is 3. The Hall–Kier alpha value is -1.98. The van der Waals surface area contributed by atoms with Crippen molar-refractivity contribution in [1.29, 1.82) is 0 Å². The van der Waals surface area contributed by atoms with Gasteiger partial charge in [0, 0.05) is 11.6 Å². The summed E-state index contributed by atoms with van der Waals surface area (Å²) in [5.41, 5.74) is 0.367. The highest BCUT2D eigenvalue weighted by atomic mass is 32.3. The molecule has 0 saturated carbocycles. The summed E-state index contributed by atoms with van der Waals surface area (Å²) in [6.45, 7) is 0.907. The molecular weight excluding hydrogens is 402 g/mol. The molecule has 10 heteroatoms. The third kappa shape index (κ3) is 2.82. The van der Waals surface area contributed by atoms with Crippen LogP contribution in [0.2, 0.25) is 0 Å². The van der Waals surface area contributed by atoms with Crippen molar-refractivity contribution in [2.75, 3.05) is 20.7 Å². The monoisotopic (exact) mass is 425 g/mol. The van der Waals surface area contributed by atoms with Crippen LogP contribution in [-0.4, -0.2) is 71.8 Å². The van der Waals surface area contributed by atoms with Crippen LogP contribution in [0.4, 0.5) is 0 Å². The SMILES string of the molecule is COc1ccc2c3c1OC1C(=O)C=CC4(O)[C@@H](C2)N(C)CCC[C@]314.O=S(=O)(O)O. The molecule has 2 aliphatic carbocycles. The number of hydrogen-bond acceptors (Lipinski definition) is 7. The summed E-state index contributed by atoms with van der Waals surface area (Å²) in [5.74, 6) is 1.23. The molecule has 9 nitrogen and oxygen atoms in total.